The van der Waals surface area contributed by atoms with Gasteiger partial charge in [-0.3, -0.25) is 14.5 Å². The molecule has 17 heavy (non-hydrogen) atoms. The molecule has 0 rings (SSSR count). The van der Waals surface area contributed by atoms with Crippen molar-refractivity contribution in [2.45, 2.75) is 20.2 Å². The molecule has 0 N–H and O–H groups in total. The van der Waals surface area contributed by atoms with Gasteiger partial charge in [-0.15, -0.1) is 11.7 Å². The summed E-state index contributed by atoms with van der Waals surface area (Å²) in [4.78, 5) is 23.9. The molecule has 0 aliphatic heterocycles. The molecule has 0 aromatic carbocycles. The Morgan fingerprint density at radius 3 is 2.41 bits per heavy atom. The Balaban J connectivity index is 3.96. The SMILES string of the molecule is CCC#CB(C)OC(=O)CN(C)CC(=O)OC. The average Bonchev–Trinajstić information content (AvgIpc) is 2.25. The van der Waals surface area contributed by atoms with Crippen LogP contribution in [0.1, 0.15) is 13.3 Å². The van der Waals surface area contributed by atoms with Crippen molar-refractivity contribution in [1.82, 2.24) is 4.90 Å². The van der Waals surface area contributed by atoms with Crippen LogP contribution in [0.25, 0.3) is 0 Å². The maximum Gasteiger partial charge on any atom is 0.443 e. The highest BCUT2D eigenvalue weighted by Crippen LogP contribution is 1.91. The van der Waals surface area contributed by atoms with Crippen molar-refractivity contribution < 1.29 is 19.0 Å². The zero-order chi connectivity index (χ0) is 13.3. The predicted octanol–water partition coefficient (Wildman–Crippen LogP) is 0.208. The van der Waals surface area contributed by atoms with E-state index >= 15 is 0 Å². The lowest BCUT2D eigenvalue weighted by molar-refractivity contribution is -0.142. The minimum atomic E-state index is -0.422. The molecule has 0 fully saturated rings. The summed E-state index contributed by atoms with van der Waals surface area (Å²) in [7, 11) is 2.94. The smallest absolute Gasteiger partial charge is 0.443 e. The third-order valence-electron chi connectivity index (χ3n) is 1.82. The zero-order valence-electron chi connectivity index (χ0n) is 10.8. The number of methoxy groups -OCH3 is 1. The highest BCUT2D eigenvalue weighted by molar-refractivity contribution is 6.61. The Morgan fingerprint density at radius 1 is 1.29 bits per heavy atom. The van der Waals surface area contributed by atoms with Gasteiger partial charge in [0.1, 0.15) is 0 Å². The van der Waals surface area contributed by atoms with E-state index < -0.39 is 12.9 Å². The predicted molar refractivity (Wildman–Crippen MR) is 65.3 cm³/mol. The van der Waals surface area contributed by atoms with Crippen molar-refractivity contribution >= 4 is 18.9 Å². The molecule has 0 aromatic rings. The quantitative estimate of drug-likeness (QED) is 0.390. The molecule has 0 aromatic heterocycles. The van der Waals surface area contributed by atoms with Gasteiger partial charge in [-0.05, 0) is 13.9 Å². The first-order chi connectivity index (χ1) is 7.99. The molecule has 0 heterocycles. The molecule has 0 atom stereocenters. The standard InChI is InChI=1S/C11H18BNO4/c1-5-6-7-12(2)17-11(15)9-13(3)8-10(14)16-4/h5,8-9H2,1-4H3. The number of nitrogens with zero attached hydrogens (tertiary/aromatic N) is 1. The summed E-state index contributed by atoms with van der Waals surface area (Å²) in [5, 5.41) is 0. The summed E-state index contributed by atoms with van der Waals surface area (Å²) < 4.78 is 9.51. The first kappa shape index (κ1) is 15.5. The number of esters is 1. The van der Waals surface area contributed by atoms with Crippen LogP contribution in [0.3, 0.4) is 0 Å². The summed E-state index contributed by atoms with van der Waals surface area (Å²) in [6.07, 6.45) is 0.726. The van der Waals surface area contributed by atoms with Crippen LogP contribution in [0.15, 0.2) is 0 Å². The van der Waals surface area contributed by atoms with Crippen molar-refractivity contribution in [3.8, 4) is 11.7 Å². The first-order valence-corrected chi connectivity index (χ1v) is 5.42. The van der Waals surface area contributed by atoms with Gasteiger partial charge in [0, 0.05) is 6.42 Å². The van der Waals surface area contributed by atoms with Crippen LogP contribution in [-0.2, 0) is 19.0 Å². The molecular weight excluding hydrogens is 221 g/mol. The van der Waals surface area contributed by atoms with Crippen LogP contribution >= 0.6 is 0 Å². The fourth-order valence-electron chi connectivity index (χ4n) is 1.07. The van der Waals surface area contributed by atoms with E-state index in [0.717, 1.165) is 6.42 Å². The lowest BCUT2D eigenvalue weighted by Gasteiger charge is -2.14. The number of hydrogen-bond donors (Lipinski definition) is 0. The van der Waals surface area contributed by atoms with Gasteiger partial charge < -0.3 is 9.39 Å². The maximum absolute atomic E-state index is 11.4. The molecule has 6 heteroatoms. The molecule has 0 saturated carbocycles. The highest BCUT2D eigenvalue weighted by atomic mass is 16.5. The third kappa shape index (κ3) is 8.34. The van der Waals surface area contributed by atoms with Crippen LogP contribution in [0.5, 0.6) is 0 Å². The van der Waals surface area contributed by atoms with Crippen molar-refractivity contribution in [2.24, 2.45) is 0 Å². The fourth-order valence-corrected chi connectivity index (χ4v) is 1.07. The summed E-state index contributed by atoms with van der Waals surface area (Å²) >= 11 is 0. The van der Waals surface area contributed by atoms with Gasteiger partial charge in [0.05, 0.1) is 20.2 Å². The van der Waals surface area contributed by atoms with Crippen LogP contribution in [0.2, 0.25) is 6.82 Å². The van der Waals surface area contributed by atoms with Crippen molar-refractivity contribution in [3.05, 3.63) is 0 Å². The molecule has 0 unspecified atom stereocenters. The van der Waals surface area contributed by atoms with Crippen LogP contribution in [0, 0.1) is 11.7 Å². The van der Waals surface area contributed by atoms with Gasteiger partial charge in [0.2, 0.25) is 0 Å². The fraction of sp³-hybridized carbons (Fsp3) is 0.636. The van der Waals surface area contributed by atoms with Gasteiger partial charge in [-0.1, -0.05) is 6.92 Å². The van der Waals surface area contributed by atoms with E-state index in [1.165, 1.54) is 12.0 Å². The van der Waals surface area contributed by atoms with E-state index in [4.69, 9.17) is 4.65 Å². The normalized spacial score (nSPS) is 9.24. The third-order valence-corrected chi connectivity index (χ3v) is 1.82. The number of carbonyl (C=O) groups is 2. The Bertz CT molecular complexity index is 321. The van der Waals surface area contributed by atoms with Crippen LogP contribution < -0.4 is 0 Å². The topological polar surface area (TPSA) is 55.8 Å². The molecule has 0 amide bonds. The van der Waals surface area contributed by atoms with E-state index in [0.29, 0.717) is 0 Å². The Kier molecular flexibility index (Phi) is 7.90. The van der Waals surface area contributed by atoms with E-state index in [1.807, 2.05) is 6.92 Å². The van der Waals surface area contributed by atoms with E-state index in [2.05, 4.69) is 16.5 Å². The lowest BCUT2D eigenvalue weighted by Crippen LogP contribution is -2.34. The first-order valence-electron chi connectivity index (χ1n) is 5.42. The minimum Gasteiger partial charge on any atom is -0.522 e. The van der Waals surface area contributed by atoms with E-state index in [9.17, 15) is 9.59 Å². The van der Waals surface area contributed by atoms with Gasteiger partial charge in [0.15, 0.2) is 0 Å². The highest BCUT2D eigenvalue weighted by Gasteiger charge is 2.15. The van der Waals surface area contributed by atoms with Crippen molar-refractivity contribution in [3.63, 3.8) is 0 Å². The molecule has 0 aliphatic rings. The van der Waals surface area contributed by atoms with Gasteiger partial charge in [-0.25, -0.2) is 0 Å². The summed E-state index contributed by atoms with van der Waals surface area (Å²) in [6, 6.07) is 0. The number of hydrogen-bond acceptors (Lipinski definition) is 5. The molecule has 0 spiro atoms. The van der Waals surface area contributed by atoms with Crippen LogP contribution in [-0.4, -0.2) is 51.0 Å². The van der Waals surface area contributed by atoms with Gasteiger partial charge in [-0.2, -0.15) is 0 Å². The molecule has 0 saturated heterocycles. The molecule has 94 valence electrons. The monoisotopic (exact) mass is 239 g/mol. The number of rotatable bonds is 5. The Labute approximate surface area is 103 Å². The van der Waals surface area contributed by atoms with Gasteiger partial charge in [0.25, 0.3) is 0 Å². The molecule has 0 aliphatic carbocycles. The van der Waals surface area contributed by atoms with Crippen molar-refractivity contribution in [2.75, 3.05) is 27.2 Å². The summed E-state index contributed by atoms with van der Waals surface area (Å²) in [6.45, 7) is 3.30. The molecule has 5 nitrogen and oxygen atoms in total. The second-order valence-electron chi connectivity index (χ2n) is 3.56. The van der Waals surface area contributed by atoms with Crippen LogP contribution in [0.4, 0.5) is 0 Å². The molecule has 0 bridgehead atoms. The second kappa shape index (κ2) is 8.65. The molecular formula is C11H18BNO4. The lowest BCUT2D eigenvalue weighted by atomic mass is 9.72. The number of likely N-dealkylation sites (N-methyl/N-ethyl adjacent to an activating group) is 1. The Hall–Kier alpha value is -1.48. The Morgan fingerprint density at radius 2 is 1.88 bits per heavy atom. The zero-order valence-corrected chi connectivity index (χ0v) is 10.8. The van der Waals surface area contributed by atoms with E-state index in [1.54, 1.807) is 13.9 Å². The second-order valence-corrected chi connectivity index (χ2v) is 3.56. The van der Waals surface area contributed by atoms with E-state index in [-0.39, 0.29) is 19.1 Å². The number of ether oxygens (including phenoxy) is 1. The average molecular weight is 239 g/mol. The van der Waals surface area contributed by atoms with Gasteiger partial charge >= 0.3 is 18.9 Å². The minimum absolute atomic E-state index is 0.0350. The summed E-state index contributed by atoms with van der Waals surface area (Å²) in [5.41, 5.74) is 0. The molecule has 0 radical (unpaired) electrons. The van der Waals surface area contributed by atoms with Crippen molar-refractivity contribution in [1.29, 1.82) is 0 Å². The largest absolute Gasteiger partial charge is 0.522 e. The number of carbonyl (C=O) groups excluding carboxylic acids is 2. The maximum atomic E-state index is 11.4. The summed E-state index contributed by atoms with van der Waals surface area (Å²) in [5.74, 6) is 4.82.